The number of halogens is 1. The molecule has 0 atom stereocenters. The molecule has 0 unspecified atom stereocenters. The number of benzene rings is 2. The molecule has 0 fully saturated rings. The average molecular weight is 354 g/mol. The molecule has 2 aromatic carbocycles. The fourth-order valence-electron chi connectivity index (χ4n) is 1.97. The van der Waals surface area contributed by atoms with Crippen molar-refractivity contribution in [1.82, 2.24) is 5.32 Å². The van der Waals surface area contributed by atoms with E-state index in [9.17, 15) is 13.2 Å². The lowest BCUT2D eigenvalue weighted by Crippen LogP contribution is -2.23. The highest BCUT2D eigenvalue weighted by Crippen LogP contribution is 2.21. The third-order valence-corrected chi connectivity index (χ3v) is 4.64. The Kier molecular flexibility index (Phi) is 5.28. The van der Waals surface area contributed by atoms with Crippen LogP contribution >= 0.6 is 11.6 Å². The molecule has 0 aliphatic carbocycles. The predicted molar refractivity (Wildman–Crippen MR) is 88.7 cm³/mol. The van der Waals surface area contributed by atoms with E-state index in [1.165, 1.54) is 18.2 Å². The lowest BCUT2D eigenvalue weighted by Gasteiger charge is -2.09. The zero-order valence-corrected chi connectivity index (χ0v) is 14.2. The summed E-state index contributed by atoms with van der Waals surface area (Å²) in [4.78, 5) is 12.3. The maximum atomic E-state index is 12.3. The molecule has 1 amide bonds. The van der Waals surface area contributed by atoms with E-state index in [4.69, 9.17) is 16.3 Å². The van der Waals surface area contributed by atoms with Gasteiger partial charge >= 0.3 is 0 Å². The fraction of sp³-hybridized carbons (Fsp3) is 0.188. The highest BCUT2D eigenvalue weighted by molar-refractivity contribution is 7.90. The Hall–Kier alpha value is -2.05. The Morgan fingerprint density at radius 3 is 2.61 bits per heavy atom. The minimum atomic E-state index is -3.41. The first-order valence-corrected chi connectivity index (χ1v) is 8.99. The Morgan fingerprint density at radius 2 is 1.96 bits per heavy atom. The zero-order valence-electron chi connectivity index (χ0n) is 12.7. The molecule has 1 N–H and O–H groups in total. The van der Waals surface area contributed by atoms with Crippen LogP contribution in [0.1, 0.15) is 15.9 Å². The number of ether oxygens (including phenoxy) is 1. The van der Waals surface area contributed by atoms with Crippen LogP contribution in [0, 0.1) is 0 Å². The van der Waals surface area contributed by atoms with Gasteiger partial charge in [0.15, 0.2) is 9.84 Å². The molecule has 122 valence electrons. The molecule has 5 nitrogen and oxygen atoms in total. The molecule has 2 rings (SSSR count). The van der Waals surface area contributed by atoms with E-state index < -0.39 is 15.7 Å². The van der Waals surface area contributed by atoms with Gasteiger partial charge in [-0.25, -0.2) is 8.42 Å². The molecule has 0 saturated heterocycles. The highest BCUT2D eigenvalue weighted by Gasteiger charge is 2.15. The predicted octanol–water partition coefficient (Wildman–Crippen LogP) is 2.68. The van der Waals surface area contributed by atoms with Crippen molar-refractivity contribution in [2.24, 2.45) is 0 Å². The van der Waals surface area contributed by atoms with E-state index in [0.29, 0.717) is 5.75 Å². The summed E-state index contributed by atoms with van der Waals surface area (Å²) >= 11 is 5.99. The van der Waals surface area contributed by atoms with Gasteiger partial charge in [0.2, 0.25) is 0 Å². The van der Waals surface area contributed by atoms with Crippen molar-refractivity contribution in [3.05, 3.63) is 58.6 Å². The lowest BCUT2D eigenvalue weighted by atomic mass is 10.2. The van der Waals surface area contributed by atoms with Gasteiger partial charge in [0.25, 0.3) is 5.91 Å². The Balaban J connectivity index is 2.17. The summed E-state index contributed by atoms with van der Waals surface area (Å²) < 4.78 is 28.3. The van der Waals surface area contributed by atoms with Gasteiger partial charge in [-0.1, -0.05) is 23.7 Å². The third kappa shape index (κ3) is 4.46. The van der Waals surface area contributed by atoms with Crippen molar-refractivity contribution in [3.8, 4) is 5.75 Å². The van der Waals surface area contributed by atoms with Crippen LogP contribution in [0.4, 0.5) is 0 Å². The second kappa shape index (κ2) is 7.02. The zero-order chi connectivity index (χ0) is 17.0. The van der Waals surface area contributed by atoms with Gasteiger partial charge in [0, 0.05) is 12.8 Å². The van der Waals surface area contributed by atoms with Crippen LogP contribution < -0.4 is 10.1 Å². The first-order valence-electron chi connectivity index (χ1n) is 6.72. The first kappa shape index (κ1) is 17.3. The van der Waals surface area contributed by atoms with Gasteiger partial charge < -0.3 is 10.1 Å². The van der Waals surface area contributed by atoms with E-state index in [-0.39, 0.29) is 22.0 Å². The fourth-order valence-corrected chi connectivity index (χ4v) is 2.82. The van der Waals surface area contributed by atoms with Crippen molar-refractivity contribution in [1.29, 1.82) is 0 Å². The van der Waals surface area contributed by atoms with Gasteiger partial charge in [-0.05, 0) is 35.9 Å². The first-order chi connectivity index (χ1) is 10.8. The quantitative estimate of drug-likeness (QED) is 0.897. The number of hydrogen-bond acceptors (Lipinski definition) is 4. The van der Waals surface area contributed by atoms with Crippen molar-refractivity contribution in [3.63, 3.8) is 0 Å². The molecule has 7 heteroatoms. The molecule has 0 aromatic heterocycles. The van der Waals surface area contributed by atoms with E-state index in [1.807, 2.05) is 12.1 Å². The topological polar surface area (TPSA) is 72.5 Å². The maximum absolute atomic E-state index is 12.3. The molecule has 0 heterocycles. The number of sulfone groups is 1. The largest absolute Gasteiger partial charge is 0.497 e. The lowest BCUT2D eigenvalue weighted by molar-refractivity contribution is 0.0951. The van der Waals surface area contributed by atoms with Crippen molar-refractivity contribution < 1.29 is 17.9 Å². The number of hydrogen-bond donors (Lipinski definition) is 1. The van der Waals surface area contributed by atoms with Crippen LogP contribution in [0.15, 0.2) is 47.4 Å². The van der Waals surface area contributed by atoms with E-state index in [0.717, 1.165) is 11.8 Å². The van der Waals surface area contributed by atoms with Gasteiger partial charge in [0.05, 0.1) is 22.6 Å². The summed E-state index contributed by atoms with van der Waals surface area (Å²) in [5, 5.41) is 2.91. The van der Waals surface area contributed by atoms with Crippen LogP contribution in [-0.4, -0.2) is 27.7 Å². The van der Waals surface area contributed by atoms with Crippen LogP contribution in [-0.2, 0) is 16.4 Å². The number of rotatable bonds is 5. The molecular formula is C16H16ClNO4S. The van der Waals surface area contributed by atoms with Crippen molar-refractivity contribution >= 4 is 27.3 Å². The summed E-state index contributed by atoms with van der Waals surface area (Å²) in [6.07, 6.45) is 1.08. The van der Waals surface area contributed by atoms with E-state index in [2.05, 4.69) is 5.32 Å². The molecular weight excluding hydrogens is 338 g/mol. The van der Waals surface area contributed by atoms with Gasteiger partial charge in [-0.3, -0.25) is 4.79 Å². The Bertz CT molecular complexity index is 834. The molecule has 0 bridgehead atoms. The summed E-state index contributed by atoms with van der Waals surface area (Å²) in [6, 6.07) is 11.3. The molecule has 0 aliphatic heterocycles. The molecule has 0 saturated carbocycles. The summed E-state index contributed by atoms with van der Waals surface area (Å²) in [5.74, 6) is 0.247. The number of nitrogens with one attached hydrogen (secondary N) is 1. The van der Waals surface area contributed by atoms with Crippen LogP contribution in [0.25, 0.3) is 0 Å². The Morgan fingerprint density at radius 1 is 1.22 bits per heavy atom. The second-order valence-corrected chi connectivity index (χ2v) is 7.37. The number of carbonyl (C=O) groups is 1. The number of amides is 1. The smallest absolute Gasteiger partial charge is 0.253 e. The van der Waals surface area contributed by atoms with Crippen LogP contribution in [0.3, 0.4) is 0 Å². The van der Waals surface area contributed by atoms with Crippen molar-refractivity contribution in [2.75, 3.05) is 13.4 Å². The van der Waals surface area contributed by atoms with Gasteiger partial charge in [0.1, 0.15) is 5.75 Å². The summed E-state index contributed by atoms with van der Waals surface area (Å²) in [5.41, 5.74) is 0.977. The standard InChI is InChI=1S/C16H16ClNO4S/c1-22-12-5-3-4-11(8-12)10-18-16(19)14-9-13(23(2,20)21)6-7-15(14)17/h3-9H,10H2,1-2H3,(H,18,19). The normalized spacial score (nSPS) is 11.1. The highest BCUT2D eigenvalue weighted by atomic mass is 35.5. The average Bonchev–Trinajstić information content (AvgIpc) is 2.52. The summed E-state index contributed by atoms with van der Waals surface area (Å²) in [7, 11) is -1.84. The van der Waals surface area contributed by atoms with E-state index in [1.54, 1.807) is 19.2 Å². The number of carbonyl (C=O) groups excluding carboxylic acids is 1. The number of methoxy groups -OCH3 is 1. The van der Waals surface area contributed by atoms with E-state index >= 15 is 0 Å². The summed E-state index contributed by atoms with van der Waals surface area (Å²) in [6.45, 7) is 0.273. The van der Waals surface area contributed by atoms with Gasteiger partial charge in [-0.15, -0.1) is 0 Å². The molecule has 23 heavy (non-hydrogen) atoms. The molecule has 2 aromatic rings. The second-order valence-electron chi connectivity index (χ2n) is 4.95. The molecule has 0 spiro atoms. The SMILES string of the molecule is COc1cccc(CNC(=O)c2cc(S(C)(=O)=O)ccc2Cl)c1. The van der Waals surface area contributed by atoms with Crippen molar-refractivity contribution in [2.45, 2.75) is 11.4 Å². The minimum Gasteiger partial charge on any atom is -0.497 e. The molecule has 0 aliphatic rings. The monoisotopic (exact) mass is 353 g/mol. The van der Waals surface area contributed by atoms with Gasteiger partial charge in [-0.2, -0.15) is 0 Å². The van der Waals surface area contributed by atoms with Crippen LogP contribution in [0.2, 0.25) is 5.02 Å². The maximum Gasteiger partial charge on any atom is 0.253 e. The minimum absolute atomic E-state index is 0.0495. The molecule has 0 radical (unpaired) electrons. The van der Waals surface area contributed by atoms with Crippen LogP contribution in [0.5, 0.6) is 5.75 Å². The third-order valence-electron chi connectivity index (χ3n) is 3.20. The Labute approximate surface area is 140 Å².